The Labute approximate surface area is 206 Å². The van der Waals surface area contributed by atoms with E-state index in [0.717, 1.165) is 12.1 Å². The number of aliphatic hydroxyl groups is 4. The molecule has 3 heterocycles. The van der Waals surface area contributed by atoms with E-state index in [9.17, 15) is 38.4 Å². The number of carbonyl (C=O) groups excluding carboxylic acids is 1. The normalized spacial score (nSPS) is 13.1. The van der Waals surface area contributed by atoms with Gasteiger partial charge in [0.1, 0.15) is 22.8 Å². The van der Waals surface area contributed by atoms with Crippen molar-refractivity contribution in [2.45, 2.75) is 32.1 Å². The highest BCUT2D eigenvalue weighted by atomic mass is 19.4. The first-order valence-electron chi connectivity index (χ1n) is 10.6. The van der Waals surface area contributed by atoms with E-state index in [2.05, 4.69) is 20.3 Å². The molecule has 0 aliphatic rings. The molecule has 0 saturated carbocycles. The molecule has 0 aliphatic carbocycles. The van der Waals surface area contributed by atoms with Crippen molar-refractivity contribution < 1.29 is 38.4 Å². The van der Waals surface area contributed by atoms with Crippen LogP contribution in [0.25, 0.3) is 16.8 Å². The quantitative estimate of drug-likeness (QED) is 0.215. The lowest BCUT2D eigenvalue weighted by Crippen LogP contribution is -2.27. The zero-order chi connectivity index (χ0) is 27.3. The van der Waals surface area contributed by atoms with Gasteiger partial charge < -0.3 is 31.5 Å². The molecule has 0 fully saturated rings. The number of halogens is 3. The fraction of sp³-hybridized carbons (Fsp3) is 0.217. The third kappa shape index (κ3) is 5.08. The Balaban J connectivity index is 1.66. The average Bonchev–Trinajstić information content (AvgIpc) is 3.18. The monoisotopic (exact) mass is 518 g/mol. The van der Waals surface area contributed by atoms with Gasteiger partial charge in [0, 0.05) is 17.5 Å². The molecule has 11 nitrogen and oxygen atoms in total. The number of aromatic nitrogens is 4. The first kappa shape index (κ1) is 26.0. The number of nitrogens with two attached hydrogens (primary N) is 1. The molecule has 0 aliphatic heterocycles. The summed E-state index contributed by atoms with van der Waals surface area (Å²) in [6.07, 6.45) is -5.15. The van der Waals surface area contributed by atoms with Gasteiger partial charge in [-0.1, -0.05) is 12.1 Å². The summed E-state index contributed by atoms with van der Waals surface area (Å²) in [4.78, 5) is 25.0. The summed E-state index contributed by atoms with van der Waals surface area (Å²) in [5.41, 5.74) is 6.05. The molecule has 1 unspecified atom stereocenters. The van der Waals surface area contributed by atoms with Gasteiger partial charge in [-0.25, -0.2) is 15.0 Å². The summed E-state index contributed by atoms with van der Waals surface area (Å²) in [6.45, 7) is 3.14. The molecule has 194 valence electrons. The molecular weight excluding hydrogens is 497 g/mol. The van der Waals surface area contributed by atoms with E-state index in [1.807, 2.05) is 0 Å². The molecular formula is C23H21F3N6O5. The second-order valence-electron chi connectivity index (χ2n) is 8.25. The van der Waals surface area contributed by atoms with Crippen molar-refractivity contribution in [3.63, 3.8) is 0 Å². The number of fused-ring (bicyclic) bond motifs is 1. The predicted molar refractivity (Wildman–Crippen MR) is 123 cm³/mol. The molecule has 1 aromatic carbocycles. The summed E-state index contributed by atoms with van der Waals surface area (Å²) in [5.74, 6) is -4.89. The van der Waals surface area contributed by atoms with Gasteiger partial charge in [-0.2, -0.15) is 13.2 Å². The van der Waals surface area contributed by atoms with Crippen LogP contribution < -0.4 is 11.1 Å². The van der Waals surface area contributed by atoms with Crippen molar-refractivity contribution in [1.82, 2.24) is 19.4 Å². The molecule has 0 spiro atoms. The number of anilines is 2. The highest BCUT2D eigenvalue weighted by molar-refractivity contribution is 5.94. The van der Waals surface area contributed by atoms with Crippen LogP contribution in [0.2, 0.25) is 0 Å². The summed E-state index contributed by atoms with van der Waals surface area (Å²) in [7, 11) is 0. The number of alkyl halides is 3. The number of aryl methyl sites for hydroxylation is 2. The number of hydrogen-bond donors (Lipinski definition) is 6. The minimum atomic E-state index is -4.64. The Morgan fingerprint density at radius 1 is 1.08 bits per heavy atom. The number of carbonyl (C=O) groups is 1. The average molecular weight is 518 g/mol. The summed E-state index contributed by atoms with van der Waals surface area (Å²) in [6, 6.07) is 6.57. The van der Waals surface area contributed by atoms with E-state index in [-0.39, 0.29) is 34.1 Å². The molecule has 0 radical (unpaired) electrons. The molecule has 37 heavy (non-hydrogen) atoms. The van der Waals surface area contributed by atoms with Crippen LogP contribution in [0.1, 0.15) is 34.4 Å². The van der Waals surface area contributed by atoms with Crippen LogP contribution in [0.4, 0.5) is 24.8 Å². The third-order valence-corrected chi connectivity index (χ3v) is 5.44. The van der Waals surface area contributed by atoms with Crippen LogP contribution in [0.5, 0.6) is 0 Å². The van der Waals surface area contributed by atoms with Crippen LogP contribution in [-0.4, -0.2) is 45.7 Å². The molecule has 1 atom stereocenters. The van der Waals surface area contributed by atoms with Gasteiger partial charge >= 0.3 is 12.1 Å². The minimum Gasteiger partial charge on any atom is -0.382 e. The molecule has 1 amide bonds. The molecule has 7 N–H and O–H groups in total. The van der Waals surface area contributed by atoms with Gasteiger partial charge in [-0.3, -0.25) is 9.20 Å². The van der Waals surface area contributed by atoms with Crippen LogP contribution in [0.3, 0.4) is 0 Å². The Hall–Kier alpha value is -4.11. The first-order chi connectivity index (χ1) is 17.2. The van der Waals surface area contributed by atoms with E-state index < -0.39 is 35.5 Å². The van der Waals surface area contributed by atoms with E-state index in [1.165, 1.54) is 28.8 Å². The molecule has 4 rings (SSSR count). The number of imidazole rings is 1. The van der Waals surface area contributed by atoms with Crippen molar-refractivity contribution in [3.8, 4) is 11.3 Å². The summed E-state index contributed by atoms with van der Waals surface area (Å²) >= 11 is 0. The minimum absolute atomic E-state index is 0.0148. The highest BCUT2D eigenvalue weighted by Crippen LogP contribution is 2.34. The third-order valence-electron chi connectivity index (χ3n) is 5.44. The first-order valence-corrected chi connectivity index (χ1v) is 10.6. The number of amides is 1. The van der Waals surface area contributed by atoms with Crippen molar-refractivity contribution in [1.29, 1.82) is 0 Å². The van der Waals surface area contributed by atoms with Gasteiger partial charge in [0.05, 0.1) is 11.3 Å². The van der Waals surface area contributed by atoms with Crippen LogP contribution in [0, 0.1) is 13.8 Å². The van der Waals surface area contributed by atoms with E-state index in [0.29, 0.717) is 17.3 Å². The van der Waals surface area contributed by atoms with E-state index >= 15 is 0 Å². The predicted octanol–water partition coefficient (Wildman–Crippen LogP) is 1.77. The van der Waals surface area contributed by atoms with E-state index in [1.54, 1.807) is 13.8 Å². The maximum Gasteiger partial charge on any atom is 0.416 e. The van der Waals surface area contributed by atoms with Gasteiger partial charge in [0.15, 0.2) is 6.10 Å². The number of nitrogens with zero attached hydrogens (tertiary/aromatic N) is 4. The Kier molecular flexibility index (Phi) is 6.37. The lowest BCUT2D eigenvalue weighted by Gasteiger charge is -2.14. The van der Waals surface area contributed by atoms with Crippen LogP contribution in [-0.2, 0) is 16.9 Å². The Morgan fingerprint density at radius 3 is 2.41 bits per heavy atom. The topological polar surface area (TPSA) is 179 Å². The van der Waals surface area contributed by atoms with Gasteiger partial charge in [-0.05, 0) is 43.7 Å². The number of nitrogens with one attached hydrogen (secondary N) is 1. The van der Waals surface area contributed by atoms with Crippen LogP contribution in [0.15, 0.2) is 42.6 Å². The van der Waals surface area contributed by atoms with Gasteiger partial charge in [-0.15, -0.1) is 0 Å². The number of hydrogen-bond acceptors (Lipinski definition) is 9. The van der Waals surface area contributed by atoms with Crippen LogP contribution >= 0.6 is 0 Å². The smallest absolute Gasteiger partial charge is 0.382 e. The fourth-order valence-electron chi connectivity index (χ4n) is 3.80. The van der Waals surface area contributed by atoms with Crippen molar-refractivity contribution >= 4 is 23.1 Å². The largest absolute Gasteiger partial charge is 0.416 e. The lowest BCUT2D eigenvalue weighted by molar-refractivity contribution is -0.329. The van der Waals surface area contributed by atoms with E-state index in [4.69, 9.17) is 5.73 Å². The fourth-order valence-corrected chi connectivity index (χ4v) is 3.80. The highest BCUT2D eigenvalue weighted by Gasteiger charge is 2.33. The SMILES string of the molecule is Cc1cn2c(C(O)(O)O)nc(-c3ccc(NC(=O)C(O)c4cccc(C(F)(F)F)c4)nc3C)c2c(N)n1. The standard InChI is InChI=1S/C23H21F3N6O5/c1-10-9-32-17(19(27)28-10)16(31-21(32)23(35,36)37)14-6-7-15(29-11(14)2)30-20(34)18(33)12-4-3-5-13(8-12)22(24,25)26/h3-9,18,33,35-37H,1-2H3,(H2,27,28)(H,29,30,34). The van der Waals surface area contributed by atoms with Crippen molar-refractivity contribution in [3.05, 3.63) is 70.9 Å². The second kappa shape index (κ2) is 9.08. The number of rotatable bonds is 5. The molecule has 0 bridgehead atoms. The number of pyridine rings is 1. The summed E-state index contributed by atoms with van der Waals surface area (Å²) in [5, 5.41) is 41.9. The zero-order valence-electron chi connectivity index (χ0n) is 19.3. The van der Waals surface area contributed by atoms with Gasteiger partial charge in [0.25, 0.3) is 5.91 Å². The van der Waals surface area contributed by atoms with Crippen molar-refractivity contribution in [2.75, 3.05) is 11.1 Å². The Morgan fingerprint density at radius 2 is 1.78 bits per heavy atom. The maximum atomic E-state index is 13.0. The molecule has 4 aromatic rings. The number of nitrogen functional groups attached to an aromatic ring is 1. The molecule has 0 saturated heterocycles. The second-order valence-corrected chi connectivity index (χ2v) is 8.25. The summed E-state index contributed by atoms with van der Waals surface area (Å²) < 4.78 is 40.0. The maximum absolute atomic E-state index is 13.0. The van der Waals surface area contributed by atoms with Gasteiger partial charge in [0.2, 0.25) is 5.82 Å². The Bertz CT molecular complexity index is 1510. The number of aliphatic hydroxyl groups excluding tert-OH is 1. The lowest BCUT2D eigenvalue weighted by atomic mass is 10.1. The number of benzene rings is 1. The zero-order valence-corrected chi connectivity index (χ0v) is 19.3. The van der Waals surface area contributed by atoms with Crippen molar-refractivity contribution in [2.24, 2.45) is 0 Å². The molecule has 3 aromatic heterocycles. The molecule has 14 heteroatoms.